The van der Waals surface area contributed by atoms with Gasteiger partial charge >= 0.3 is 0 Å². The average molecular weight is 415 g/mol. The number of halogens is 1. The van der Waals surface area contributed by atoms with E-state index in [1.807, 2.05) is 0 Å². The Morgan fingerprint density at radius 3 is 2.19 bits per heavy atom. The molecule has 0 atom stereocenters. The Morgan fingerprint density at radius 2 is 1.35 bits per heavy atom. The lowest BCUT2D eigenvalue weighted by atomic mass is 9.96. The first kappa shape index (κ1) is 16.0. The molecular formula is C24H19BrSi. The highest BCUT2D eigenvalue weighted by molar-refractivity contribution is 9.10. The van der Waals surface area contributed by atoms with Crippen molar-refractivity contribution in [3.63, 3.8) is 0 Å². The van der Waals surface area contributed by atoms with Gasteiger partial charge in [0.25, 0.3) is 0 Å². The van der Waals surface area contributed by atoms with E-state index in [4.69, 9.17) is 0 Å². The van der Waals surface area contributed by atoms with E-state index in [1.54, 1.807) is 5.19 Å². The van der Waals surface area contributed by atoms with Crippen LogP contribution in [0, 0.1) is 0 Å². The van der Waals surface area contributed by atoms with Crippen LogP contribution >= 0.6 is 15.9 Å². The van der Waals surface area contributed by atoms with E-state index in [0.717, 1.165) is 0 Å². The minimum absolute atomic E-state index is 1.18. The van der Waals surface area contributed by atoms with Gasteiger partial charge in [0, 0.05) is 4.47 Å². The fourth-order valence-corrected chi connectivity index (χ4v) is 8.03. The van der Waals surface area contributed by atoms with Crippen LogP contribution in [0.4, 0.5) is 0 Å². The van der Waals surface area contributed by atoms with Crippen LogP contribution in [0.1, 0.15) is 0 Å². The highest BCUT2D eigenvalue weighted by atomic mass is 79.9. The van der Waals surface area contributed by atoms with Crippen molar-refractivity contribution in [1.29, 1.82) is 0 Å². The van der Waals surface area contributed by atoms with E-state index in [0.29, 0.717) is 0 Å². The van der Waals surface area contributed by atoms with Crippen molar-refractivity contribution >= 4 is 45.1 Å². The third-order valence-electron chi connectivity index (χ3n) is 5.74. The SMILES string of the molecule is C[Si]1(C)c2cc(Br)ccc2-c2ccc(-c3cccc4ccccc34)cc21. The molecule has 0 N–H and O–H groups in total. The Balaban J connectivity index is 1.75. The molecule has 2 heteroatoms. The molecule has 26 heavy (non-hydrogen) atoms. The summed E-state index contributed by atoms with van der Waals surface area (Å²) >= 11 is 3.66. The van der Waals surface area contributed by atoms with Crippen molar-refractivity contribution in [2.45, 2.75) is 13.1 Å². The van der Waals surface area contributed by atoms with Crippen molar-refractivity contribution in [2.24, 2.45) is 0 Å². The summed E-state index contributed by atoms with van der Waals surface area (Å²) in [6.07, 6.45) is 0. The molecule has 1 aliphatic heterocycles. The quantitative estimate of drug-likeness (QED) is 0.331. The van der Waals surface area contributed by atoms with E-state index in [9.17, 15) is 0 Å². The summed E-state index contributed by atoms with van der Waals surface area (Å²) in [5.41, 5.74) is 5.50. The average Bonchev–Trinajstić information content (AvgIpc) is 2.88. The Bertz CT molecular complexity index is 1170. The molecule has 4 aromatic carbocycles. The van der Waals surface area contributed by atoms with Crippen LogP contribution in [0.15, 0.2) is 83.3 Å². The molecule has 0 saturated heterocycles. The van der Waals surface area contributed by atoms with Gasteiger partial charge in [0.15, 0.2) is 0 Å². The molecule has 0 saturated carbocycles. The van der Waals surface area contributed by atoms with Gasteiger partial charge in [0.05, 0.1) is 0 Å². The van der Waals surface area contributed by atoms with Gasteiger partial charge in [-0.05, 0) is 55.5 Å². The topological polar surface area (TPSA) is 0 Å². The summed E-state index contributed by atoms with van der Waals surface area (Å²) in [6, 6.07) is 29.1. The minimum Gasteiger partial charge on any atom is -0.0616 e. The predicted octanol–water partition coefficient (Wildman–Crippen LogP) is 6.07. The first-order valence-electron chi connectivity index (χ1n) is 8.99. The first-order valence-corrected chi connectivity index (χ1v) is 12.8. The number of hydrogen-bond acceptors (Lipinski definition) is 0. The van der Waals surface area contributed by atoms with Gasteiger partial charge in [-0.1, -0.05) is 95.8 Å². The minimum atomic E-state index is -1.67. The van der Waals surface area contributed by atoms with Crippen LogP contribution in [0.5, 0.6) is 0 Å². The van der Waals surface area contributed by atoms with Crippen molar-refractivity contribution in [2.75, 3.05) is 0 Å². The van der Waals surface area contributed by atoms with E-state index < -0.39 is 8.07 Å². The maximum Gasteiger partial charge on any atom is 0.113 e. The van der Waals surface area contributed by atoms with Crippen molar-refractivity contribution < 1.29 is 0 Å². The lowest BCUT2D eigenvalue weighted by Gasteiger charge is -2.20. The van der Waals surface area contributed by atoms with Crippen molar-refractivity contribution in [3.05, 3.63) is 83.3 Å². The third kappa shape index (κ3) is 2.26. The Hall–Kier alpha value is -2.16. The van der Waals surface area contributed by atoms with Crippen molar-refractivity contribution in [3.8, 4) is 22.3 Å². The van der Waals surface area contributed by atoms with Gasteiger partial charge < -0.3 is 0 Å². The highest BCUT2D eigenvalue weighted by Crippen LogP contribution is 2.34. The van der Waals surface area contributed by atoms with Crippen LogP contribution in [-0.2, 0) is 0 Å². The Labute approximate surface area is 163 Å². The van der Waals surface area contributed by atoms with E-state index >= 15 is 0 Å². The molecule has 0 aromatic heterocycles. The largest absolute Gasteiger partial charge is 0.113 e. The number of hydrogen-bond donors (Lipinski definition) is 0. The Morgan fingerprint density at radius 1 is 0.654 bits per heavy atom. The van der Waals surface area contributed by atoms with Crippen LogP contribution in [0.25, 0.3) is 33.0 Å². The molecule has 0 radical (unpaired) electrons. The van der Waals surface area contributed by atoms with Gasteiger partial charge in [-0.3, -0.25) is 0 Å². The van der Waals surface area contributed by atoms with Crippen LogP contribution in [0.2, 0.25) is 13.1 Å². The standard InChI is InChI=1S/C24H19BrSi/c1-26(2)23-14-17(20-9-5-7-16-6-3-4-8-19(16)20)10-12-21(23)22-13-11-18(25)15-24(22)26/h3-15H,1-2H3. The Kier molecular flexibility index (Phi) is 3.50. The predicted molar refractivity (Wildman–Crippen MR) is 119 cm³/mol. The maximum absolute atomic E-state index is 3.66. The van der Waals surface area contributed by atoms with Crippen molar-refractivity contribution in [1.82, 2.24) is 0 Å². The van der Waals surface area contributed by atoms with E-state index in [-0.39, 0.29) is 0 Å². The normalized spacial score (nSPS) is 14.3. The molecular weight excluding hydrogens is 396 g/mol. The summed E-state index contributed by atoms with van der Waals surface area (Å²) < 4.78 is 1.18. The zero-order valence-corrected chi connectivity index (χ0v) is 17.5. The number of rotatable bonds is 1. The molecule has 0 unspecified atom stereocenters. The smallest absolute Gasteiger partial charge is 0.0616 e. The summed E-state index contributed by atoms with van der Waals surface area (Å²) in [5, 5.41) is 5.72. The van der Waals surface area contributed by atoms with E-state index in [1.165, 1.54) is 42.7 Å². The molecule has 0 spiro atoms. The second-order valence-corrected chi connectivity index (χ2v) is 12.8. The highest BCUT2D eigenvalue weighted by Gasteiger charge is 2.37. The molecule has 4 aromatic rings. The zero-order valence-electron chi connectivity index (χ0n) is 14.9. The first-order chi connectivity index (χ1) is 12.6. The summed E-state index contributed by atoms with van der Waals surface area (Å²) in [7, 11) is -1.67. The molecule has 5 rings (SSSR count). The molecule has 126 valence electrons. The van der Waals surface area contributed by atoms with Gasteiger partial charge in [-0.2, -0.15) is 0 Å². The van der Waals surface area contributed by atoms with Gasteiger partial charge in [0.2, 0.25) is 0 Å². The fourth-order valence-electron chi connectivity index (χ4n) is 4.35. The van der Waals surface area contributed by atoms with Gasteiger partial charge in [0.1, 0.15) is 8.07 Å². The molecule has 0 fully saturated rings. The second-order valence-electron chi connectivity index (χ2n) is 7.60. The van der Waals surface area contributed by atoms with Crippen LogP contribution < -0.4 is 10.4 Å². The molecule has 0 bridgehead atoms. The monoisotopic (exact) mass is 414 g/mol. The van der Waals surface area contributed by atoms with Crippen LogP contribution in [-0.4, -0.2) is 8.07 Å². The number of fused-ring (bicyclic) bond motifs is 4. The molecule has 1 aliphatic rings. The molecule has 1 heterocycles. The van der Waals surface area contributed by atoms with Gasteiger partial charge in [-0.15, -0.1) is 0 Å². The third-order valence-corrected chi connectivity index (χ3v) is 9.75. The summed E-state index contributed by atoms with van der Waals surface area (Å²) in [5.74, 6) is 0. The lowest BCUT2D eigenvalue weighted by Crippen LogP contribution is -2.49. The maximum atomic E-state index is 3.66. The zero-order chi connectivity index (χ0) is 17.9. The lowest BCUT2D eigenvalue weighted by molar-refractivity contribution is 1.65. The fraction of sp³-hybridized carbons (Fsp3) is 0.0833. The number of benzene rings is 4. The van der Waals surface area contributed by atoms with Crippen LogP contribution in [0.3, 0.4) is 0 Å². The van der Waals surface area contributed by atoms with Gasteiger partial charge in [-0.25, -0.2) is 0 Å². The summed E-state index contributed by atoms with van der Waals surface area (Å²) in [6.45, 7) is 4.94. The second kappa shape index (κ2) is 5.67. The molecule has 0 amide bonds. The summed E-state index contributed by atoms with van der Waals surface area (Å²) in [4.78, 5) is 0. The molecule has 0 aliphatic carbocycles. The van der Waals surface area contributed by atoms with E-state index in [2.05, 4.69) is 108 Å². The molecule has 0 nitrogen and oxygen atoms in total.